The molecule has 0 saturated carbocycles. The van der Waals surface area contributed by atoms with Gasteiger partial charge in [0.2, 0.25) is 0 Å². The number of carbonyl (C=O) groups is 3. The van der Waals surface area contributed by atoms with Gasteiger partial charge in [-0.25, -0.2) is 4.79 Å². The molecule has 1 heterocycles. The third-order valence-corrected chi connectivity index (χ3v) is 9.52. The second kappa shape index (κ2) is 16.8. The molecule has 6 rings (SSSR count). The Morgan fingerprint density at radius 3 is 2.06 bits per heavy atom. The van der Waals surface area contributed by atoms with Gasteiger partial charge in [0, 0.05) is 24.9 Å². The maximum Gasteiger partial charge on any atom is 0.526 e. The number of aliphatic carboxylic acids is 1. The topological polar surface area (TPSA) is 111 Å². The third kappa shape index (κ3) is 9.53. The summed E-state index contributed by atoms with van der Waals surface area (Å²) < 4.78 is 17.2. The zero-order valence-electron chi connectivity index (χ0n) is 31.0. The standard InChI is InChI=1S/C45H46N2O7/c1-45(2,3)54-44(51)47(43(50)46-29-41(42(48)49)37-18-16-35(17-19-37)34-12-8-5-9-13-34)26-24-36-20-23-40(28-38(36)30-47)52-27-25-32-14-21-39(22-15-32)53-31-33-10-6-4-7-11-33/h4-23,28,41H,24-27,29-31H2,1-3H3,(H-,46,48,49,50)/p+1. The predicted molar refractivity (Wildman–Crippen MR) is 207 cm³/mol. The van der Waals surface area contributed by atoms with Crippen LogP contribution in [0.5, 0.6) is 11.5 Å². The highest BCUT2D eigenvalue weighted by atomic mass is 16.6. The summed E-state index contributed by atoms with van der Waals surface area (Å²) in [4.78, 5) is 40.5. The van der Waals surface area contributed by atoms with Crippen LogP contribution >= 0.6 is 0 Å². The fourth-order valence-corrected chi connectivity index (χ4v) is 6.53. The first kappa shape index (κ1) is 37.8. The highest BCUT2D eigenvalue weighted by Gasteiger charge is 2.50. The first-order valence-electron chi connectivity index (χ1n) is 18.3. The highest BCUT2D eigenvalue weighted by Crippen LogP contribution is 2.32. The van der Waals surface area contributed by atoms with E-state index >= 15 is 0 Å². The van der Waals surface area contributed by atoms with E-state index in [1.165, 1.54) is 0 Å². The molecule has 5 aromatic carbocycles. The lowest BCUT2D eigenvalue weighted by atomic mass is 9.96. The summed E-state index contributed by atoms with van der Waals surface area (Å²) in [5, 5.41) is 13.0. The summed E-state index contributed by atoms with van der Waals surface area (Å²) in [6.07, 6.45) is 0.438. The van der Waals surface area contributed by atoms with Gasteiger partial charge in [0.05, 0.1) is 12.5 Å². The van der Waals surface area contributed by atoms with Crippen molar-refractivity contribution in [3.05, 3.63) is 155 Å². The van der Waals surface area contributed by atoms with Crippen molar-refractivity contribution in [2.45, 2.75) is 58.3 Å². The molecule has 0 bridgehead atoms. The van der Waals surface area contributed by atoms with Crippen molar-refractivity contribution in [3.8, 4) is 22.6 Å². The Bertz CT molecular complexity index is 2040. The lowest BCUT2D eigenvalue weighted by Gasteiger charge is -2.37. The van der Waals surface area contributed by atoms with Crippen LogP contribution in [0.2, 0.25) is 0 Å². The van der Waals surface area contributed by atoms with Gasteiger partial charge < -0.3 is 24.6 Å². The summed E-state index contributed by atoms with van der Waals surface area (Å²) in [6, 6.07) is 40.2. The Hall–Kier alpha value is -5.93. The molecule has 0 radical (unpaired) electrons. The third-order valence-electron chi connectivity index (χ3n) is 9.52. The van der Waals surface area contributed by atoms with Crippen LogP contribution in [0, 0.1) is 0 Å². The van der Waals surface area contributed by atoms with Crippen LogP contribution in [0.4, 0.5) is 9.59 Å². The minimum Gasteiger partial charge on any atom is -0.493 e. The SMILES string of the molecule is CC(C)(C)OC(=O)[N+]1(C(=O)NCC(C(=O)O)c2ccc(-c3ccccc3)cc2)CCc2ccc(OCCc3ccc(OCc4ccccc4)cc3)cc2C1. The number of nitrogens with one attached hydrogen (secondary N) is 1. The van der Waals surface area contributed by atoms with Crippen LogP contribution in [0.25, 0.3) is 11.1 Å². The number of carboxylic acids is 1. The molecule has 2 N–H and O–H groups in total. The molecule has 0 fully saturated rings. The first-order chi connectivity index (χ1) is 26.0. The zero-order valence-corrected chi connectivity index (χ0v) is 31.0. The van der Waals surface area contributed by atoms with Gasteiger partial charge in [-0.15, -0.1) is 4.48 Å². The smallest absolute Gasteiger partial charge is 0.493 e. The second-order valence-corrected chi connectivity index (χ2v) is 14.6. The molecule has 54 heavy (non-hydrogen) atoms. The van der Waals surface area contributed by atoms with E-state index in [1.807, 2.05) is 115 Å². The molecule has 9 nitrogen and oxygen atoms in total. The number of amides is 3. The number of carbonyl (C=O) groups excluding carboxylic acids is 2. The molecule has 1 aliphatic heterocycles. The van der Waals surface area contributed by atoms with Crippen LogP contribution < -0.4 is 14.8 Å². The number of carboxylic acid groups (broad SMARTS) is 1. The van der Waals surface area contributed by atoms with Crippen molar-refractivity contribution in [1.29, 1.82) is 0 Å². The molecule has 0 aliphatic carbocycles. The summed E-state index contributed by atoms with van der Waals surface area (Å²) in [6.45, 7) is 6.22. The highest BCUT2D eigenvalue weighted by molar-refractivity contribution is 5.82. The molecular weight excluding hydrogens is 681 g/mol. The van der Waals surface area contributed by atoms with Crippen LogP contribution in [0.3, 0.4) is 0 Å². The van der Waals surface area contributed by atoms with Crippen molar-refractivity contribution in [1.82, 2.24) is 5.32 Å². The number of quaternary nitrogens is 1. The lowest BCUT2D eigenvalue weighted by molar-refractivity contribution is -0.795. The fourth-order valence-electron chi connectivity index (χ4n) is 6.53. The van der Waals surface area contributed by atoms with E-state index in [0.29, 0.717) is 37.4 Å². The zero-order chi connectivity index (χ0) is 38.1. The van der Waals surface area contributed by atoms with Crippen molar-refractivity contribution >= 4 is 18.1 Å². The van der Waals surface area contributed by atoms with Crippen molar-refractivity contribution < 1.29 is 38.2 Å². The number of ether oxygens (including phenoxy) is 3. The Labute approximate surface area is 316 Å². The maximum atomic E-state index is 14.1. The normalized spacial score (nSPS) is 15.7. The summed E-state index contributed by atoms with van der Waals surface area (Å²) in [5.74, 6) is -0.673. The van der Waals surface area contributed by atoms with Crippen LogP contribution in [0.1, 0.15) is 54.5 Å². The minimum absolute atomic E-state index is 0.0429. The van der Waals surface area contributed by atoms with Gasteiger partial charge >= 0.3 is 18.1 Å². The van der Waals surface area contributed by atoms with Gasteiger partial charge in [-0.3, -0.25) is 4.79 Å². The lowest BCUT2D eigenvalue weighted by Crippen LogP contribution is -2.63. The van der Waals surface area contributed by atoms with E-state index in [9.17, 15) is 19.5 Å². The van der Waals surface area contributed by atoms with E-state index in [1.54, 1.807) is 32.9 Å². The fraction of sp³-hybridized carbons (Fsp3) is 0.267. The van der Waals surface area contributed by atoms with Crippen molar-refractivity contribution in [2.24, 2.45) is 0 Å². The van der Waals surface area contributed by atoms with E-state index in [0.717, 1.165) is 39.1 Å². The number of imide groups is 1. The Morgan fingerprint density at radius 2 is 1.39 bits per heavy atom. The summed E-state index contributed by atoms with van der Waals surface area (Å²) in [5.41, 5.74) is 5.69. The summed E-state index contributed by atoms with van der Waals surface area (Å²) in [7, 11) is 0. The minimum atomic E-state index is -1.08. The van der Waals surface area contributed by atoms with Gasteiger partial charge in [-0.1, -0.05) is 103 Å². The quantitative estimate of drug-likeness (QED) is 0.124. The largest absolute Gasteiger partial charge is 0.526 e. The van der Waals surface area contributed by atoms with E-state index < -0.39 is 34.1 Å². The molecule has 5 aromatic rings. The van der Waals surface area contributed by atoms with Gasteiger partial charge in [0.1, 0.15) is 36.8 Å². The van der Waals surface area contributed by atoms with E-state index in [4.69, 9.17) is 14.2 Å². The Morgan fingerprint density at radius 1 is 0.741 bits per heavy atom. The van der Waals surface area contributed by atoms with Gasteiger partial charge in [-0.05, 0) is 78.4 Å². The van der Waals surface area contributed by atoms with Gasteiger partial charge in [-0.2, -0.15) is 4.79 Å². The molecule has 3 amide bonds. The van der Waals surface area contributed by atoms with E-state index in [2.05, 4.69) is 5.32 Å². The number of urea groups is 1. The predicted octanol–water partition coefficient (Wildman–Crippen LogP) is 8.94. The van der Waals surface area contributed by atoms with Crippen LogP contribution in [-0.4, -0.2) is 53.0 Å². The first-order valence-corrected chi connectivity index (χ1v) is 18.3. The molecule has 2 unspecified atom stereocenters. The number of benzene rings is 5. The molecule has 2 atom stereocenters. The number of nitrogens with zero attached hydrogens (tertiary/aromatic N) is 1. The molecular formula is C45H47N2O7+. The average Bonchev–Trinajstić information content (AvgIpc) is 3.17. The Balaban J connectivity index is 1.11. The maximum absolute atomic E-state index is 14.1. The van der Waals surface area contributed by atoms with Crippen LogP contribution in [-0.2, 0) is 35.5 Å². The number of hydrogen-bond donors (Lipinski definition) is 2. The number of fused-ring (bicyclic) bond motifs is 1. The number of rotatable bonds is 12. The van der Waals surface area contributed by atoms with Gasteiger partial charge in [0.15, 0.2) is 0 Å². The average molecular weight is 728 g/mol. The second-order valence-electron chi connectivity index (χ2n) is 14.6. The molecule has 0 saturated heterocycles. The summed E-state index contributed by atoms with van der Waals surface area (Å²) >= 11 is 0. The monoisotopic (exact) mass is 727 g/mol. The molecule has 278 valence electrons. The molecule has 9 heteroatoms. The molecule has 1 aliphatic rings. The van der Waals surface area contributed by atoms with Crippen molar-refractivity contribution in [3.63, 3.8) is 0 Å². The van der Waals surface area contributed by atoms with Crippen molar-refractivity contribution in [2.75, 3.05) is 19.7 Å². The van der Waals surface area contributed by atoms with Gasteiger partial charge in [0.25, 0.3) is 0 Å². The van der Waals surface area contributed by atoms with E-state index in [-0.39, 0.29) is 19.6 Å². The van der Waals surface area contributed by atoms with Crippen LogP contribution in [0.15, 0.2) is 127 Å². The molecule has 0 aromatic heterocycles. The molecule has 0 spiro atoms. The number of hydrogen-bond acceptors (Lipinski definition) is 6. The Kier molecular flexibility index (Phi) is 11.8.